The van der Waals surface area contributed by atoms with Gasteiger partial charge in [0.1, 0.15) is 22.6 Å². The van der Waals surface area contributed by atoms with Gasteiger partial charge in [0.15, 0.2) is 0 Å². The summed E-state index contributed by atoms with van der Waals surface area (Å²) in [7, 11) is 0. The molecule has 1 saturated heterocycles. The van der Waals surface area contributed by atoms with Crippen molar-refractivity contribution in [2.45, 2.75) is 51.6 Å². The maximum atomic E-state index is 11.9. The number of benzene rings is 1. The number of carbonyl (C=O) groups is 2. The fraction of sp³-hybridized carbons (Fsp3) is 0.529. The zero-order chi connectivity index (χ0) is 16.5. The average Bonchev–Trinajstić information content (AvgIpc) is 2.35. The maximum absolute atomic E-state index is 11.9. The van der Waals surface area contributed by atoms with Crippen LogP contribution in [0.25, 0.3) is 0 Å². The van der Waals surface area contributed by atoms with Crippen molar-refractivity contribution in [3.8, 4) is 5.75 Å². The van der Waals surface area contributed by atoms with Crippen LogP contribution in [0.4, 0.5) is 0 Å². The minimum absolute atomic E-state index is 0.0971. The highest BCUT2D eigenvalue weighted by molar-refractivity contribution is 5.86. The third-order valence-corrected chi connectivity index (χ3v) is 4.37. The molecule has 22 heavy (non-hydrogen) atoms. The fourth-order valence-electron chi connectivity index (χ4n) is 3.44. The molecule has 5 nitrogen and oxygen atoms in total. The largest absolute Gasteiger partial charge is 0.545 e. The van der Waals surface area contributed by atoms with Crippen molar-refractivity contribution in [3.05, 3.63) is 29.8 Å². The third-order valence-electron chi connectivity index (χ3n) is 4.37. The molecule has 0 aliphatic carbocycles. The molecule has 0 bridgehead atoms. The van der Waals surface area contributed by atoms with Crippen LogP contribution in [-0.2, 0) is 4.79 Å². The van der Waals surface area contributed by atoms with Gasteiger partial charge in [0.05, 0.1) is 18.8 Å². The molecule has 1 aliphatic rings. The summed E-state index contributed by atoms with van der Waals surface area (Å²) in [6.45, 7) is 8.61. The van der Waals surface area contributed by atoms with Gasteiger partial charge in [0, 0.05) is 5.56 Å². The predicted octanol–water partition coefficient (Wildman–Crippen LogP) is 0.191. The zero-order valence-corrected chi connectivity index (χ0v) is 13.6. The highest BCUT2D eigenvalue weighted by atomic mass is 16.5. The van der Waals surface area contributed by atoms with Crippen LogP contribution in [0.2, 0.25) is 0 Å². The van der Waals surface area contributed by atoms with Crippen LogP contribution in [0.1, 0.15) is 50.9 Å². The third kappa shape index (κ3) is 3.47. The van der Waals surface area contributed by atoms with Gasteiger partial charge >= 0.3 is 0 Å². The lowest BCUT2D eigenvalue weighted by Crippen LogP contribution is -3.27. The Bertz CT molecular complexity index is 572. The van der Waals surface area contributed by atoms with E-state index in [9.17, 15) is 14.7 Å². The van der Waals surface area contributed by atoms with E-state index in [0.717, 1.165) is 0 Å². The van der Waals surface area contributed by atoms with Gasteiger partial charge in [-0.1, -0.05) is 12.1 Å². The molecule has 0 atom stereocenters. The second-order valence-electron chi connectivity index (χ2n) is 7.24. The molecule has 0 amide bonds. The number of carboxylic acids is 1. The van der Waals surface area contributed by atoms with Crippen molar-refractivity contribution >= 4 is 11.8 Å². The van der Waals surface area contributed by atoms with Gasteiger partial charge in [-0.2, -0.15) is 0 Å². The monoisotopic (exact) mass is 305 g/mol. The molecule has 0 aromatic heterocycles. The molecule has 1 N–H and O–H groups in total. The Labute approximate surface area is 130 Å². The number of aromatic carboxylic acids is 1. The number of hydrogen-bond acceptors (Lipinski definition) is 4. The van der Waals surface area contributed by atoms with E-state index >= 15 is 0 Å². The highest BCUT2D eigenvalue weighted by Crippen LogP contribution is 2.21. The molecule has 2 rings (SSSR count). The normalized spacial score (nSPS) is 20.6. The molecule has 0 unspecified atom stereocenters. The summed E-state index contributed by atoms with van der Waals surface area (Å²) >= 11 is 0. The van der Waals surface area contributed by atoms with Crippen LogP contribution < -0.4 is 14.7 Å². The van der Waals surface area contributed by atoms with Gasteiger partial charge in [-0.05, 0) is 39.8 Å². The quantitative estimate of drug-likeness (QED) is 0.862. The average molecular weight is 305 g/mol. The number of carboxylic acid groups (broad SMARTS) is 1. The fourth-order valence-corrected chi connectivity index (χ4v) is 3.44. The van der Waals surface area contributed by atoms with E-state index in [0.29, 0.717) is 25.3 Å². The van der Waals surface area contributed by atoms with Crippen LogP contribution in [0.5, 0.6) is 5.75 Å². The van der Waals surface area contributed by atoms with Crippen LogP contribution in [0.15, 0.2) is 24.3 Å². The molecule has 1 aromatic carbocycles. The number of rotatable bonds is 4. The van der Waals surface area contributed by atoms with Crippen molar-refractivity contribution in [1.29, 1.82) is 0 Å². The second kappa shape index (κ2) is 5.72. The molecular formula is C17H23NO4. The molecule has 0 saturated carbocycles. The van der Waals surface area contributed by atoms with E-state index in [2.05, 4.69) is 27.7 Å². The molecule has 5 heteroatoms. The minimum Gasteiger partial charge on any atom is -0.545 e. The molecule has 1 aromatic rings. The molecule has 1 heterocycles. The lowest BCUT2D eigenvalue weighted by Gasteiger charge is -2.48. The first-order valence-electron chi connectivity index (χ1n) is 7.44. The van der Waals surface area contributed by atoms with E-state index in [-0.39, 0.29) is 22.4 Å². The lowest BCUT2D eigenvalue weighted by atomic mass is 9.79. The van der Waals surface area contributed by atoms with E-state index < -0.39 is 5.97 Å². The number of piperidine rings is 1. The number of ether oxygens (including phenoxy) is 1. The van der Waals surface area contributed by atoms with Gasteiger partial charge in [-0.15, -0.1) is 0 Å². The Kier molecular flexibility index (Phi) is 4.29. The van der Waals surface area contributed by atoms with Crippen molar-refractivity contribution in [2.75, 3.05) is 6.73 Å². The Hall–Kier alpha value is -1.88. The van der Waals surface area contributed by atoms with E-state index in [1.807, 2.05) is 0 Å². The number of nitrogens with one attached hydrogen (secondary N) is 1. The van der Waals surface area contributed by atoms with Crippen molar-refractivity contribution in [1.82, 2.24) is 0 Å². The predicted molar refractivity (Wildman–Crippen MR) is 79.6 cm³/mol. The zero-order valence-electron chi connectivity index (χ0n) is 13.6. The first kappa shape index (κ1) is 16.5. The molecule has 0 spiro atoms. The number of quaternary nitrogens is 1. The summed E-state index contributed by atoms with van der Waals surface area (Å²) in [5.74, 6) is -0.447. The number of carbonyl (C=O) groups excluding carboxylic acids is 2. The number of ketones is 1. The second-order valence-corrected chi connectivity index (χ2v) is 7.24. The highest BCUT2D eigenvalue weighted by Gasteiger charge is 2.49. The topological polar surface area (TPSA) is 70.9 Å². The smallest absolute Gasteiger partial charge is 0.223 e. The van der Waals surface area contributed by atoms with Crippen LogP contribution in [0.3, 0.4) is 0 Å². The van der Waals surface area contributed by atoms with Crippen molar-refractivity contribution < 1.29 is 24.3 Å². The standard InChI is InChI=1S/C17H23NO4/c1-16(2)9-13(19)10-17(3,4)18(16)11-22-14-7-5-6-12(8-14)15(20)21/h5-8H,9-11H2,1-4H3,(H,20,21). The van der Waals surface area contributed by atoms with Crippen molar-refractivity contribution in [3.63, 3.8) is 0 Å². The van der Waals surface area contributed by atoms with E-state index in [1.54, 1.807) is 12.1 Å². The molecule has 0 radical (unpaired) electrons. The van der Waals surface area contributed by atoms with Gasteiger partial charge < -0.3 is 14.6 Å². The van der Waals surface area contributed by atoms with Crippen LogP contribution in [0, 0.1) is 0 Å². The summed E-state index contributed by atoms with van der Waals surface area (Å²) in [6, 6.07) is 6.29. The maximum Gasteiger partial charge on any atom is 0.223 e. The molecule has 120 valence electrons. The van der Waals surface area contributed by atoms with Crippen LogP contribution >= 0.6 is 0 Å². The summed E-state index contributed by atoms with van der Waals surface area (Å²) in [5, 5.41) is 10.9. The Morgan fingerprint density at radius 3 is 2.36 bits per heavy atom. The van der Waals surface area contributed by atoms with E-state index in [4.69, 9.17) is 4.74 Å². The Morgan fingerprint density at radius 2 is 1.82 bits per heavy atom. The number of hydrogen-bond donors (Lipinski definition) is 1. The Morgan fingerprint density at radius 1 is 1.23 bits per heavy atom. The lowest BCUT2D eigenvalue weighted by molar-refractivity contribution is -1.01. The minimum atomic E-state index is -1.22. The number of Topliss-reactive ketones (excluding diaryl/α,β-unsaturated/α-hetero) is 1. The Balaban J connectivity index is 2.14. The van der Waals surface area contributed by atoms with Gasteiger partial charge in [-0.25, -0.2) is 0 Å². The van der Waals surface area contributed by atoms with Gasteiger partial charge in [0.25, 0.3) is 0 Å². The molecular weight excluding hydrogens is 282 g/mol. The molecule has 1 fully saturated rings. The first-order chi connectivity index (χ1) is 10.1. The van der Waals surface area contributed by atoms with Gasteiger partial charge in [-0.3, -0.25) is 9.69 Å². The summed E-state index contributed by atoms with van der Waals surface area (Å²) in [4.78, 5) is 24.0. The number of likely N-dealkylation sites (tertiary alicyclic amines) is 1. The SMILES string of the molecule is CC1(C)CC(=O)CC(C)(C)[NH+]1COc1cccc(C(=O)[O-])c1. The van der Waals surface area contributed by atoms with Crippen molar-refractivity contribution in [2.24, 2.45) is 0 Å². The van der Waals surface area contributed by atoms with Gasteiger partial charge in [0.2, 0.25) is 6.73 Å². The summed E-state index contributed by atoms with van der Waals surface area (Å²) < 4.78 is 5.80. The first-order valence-corrected chi connectivity index (χ1v) is 7.44. The molecule has 1 aliphatic heterocycles. The summed E-state index contributed by atoms with van der Waals surface area (Å²) in [6.07, 6.45) is 1.04. The summed E-state index contributed by atoms with van der Waals surface area (Å²) in [5.41, 5.74) is -0.338. The van der Waals surface area contributed by atoms with E-state index in [1.165, 1.54) is 17.0 Å². The van der Waals surface area contributed by atoms with Crippen LogP contribution in [-0.4, -0.2) is 29.6 Å².